The molecule has 1 aliphatic carbocycles. The summed E-state index contributed by atoms with van der Waals surface area (Å²) in [5, 5.41) is 0. The number of methoxy groups -OCH3 is 1. The van der Waals surface area contributed by atoms with Gasteiger partial charge in [0.05, 0.1) is 25.2 Å². The molecular formula is C11H21NO3. The lowest BCUT2D eigenvalue weighted by atomic mass is 9.95. The second-order valence-corrected chi connectivity index (χ2v) is 4.82. The first-order valence-corrected chi connectivity index (χ1v) is 5.43. The molecule has 15 heavy (non-hydrogen) atoms. The standard InChI is InChI=1S/C11H21NO3/c1-11(2,10(13)14-3)7-15-9-6-4-5-8(9)12/h8-9H,4-7,12H2,1-3H3. The fourth-order valence-electron chi connectivity index (χ4n) is 1.81. The highest BCUT2D eigenvalue weighted by molar-refractivity contribution is 5.75. The van der Waals surface area contributed by atoms with Crippen LogP contribution in [-0.4, -0.2) is 31.8 Å². The Kier molecular flexibility index (Phi) is 4.11. The average molecular weight is 215 g/mol. The zero-order chi connectivity index (χ0) is 11.5. The topological polar surface area (TPSA) is 61.5 Å². The Balaban J connectivity index is 2.38. The van der Waals surface area contributed by atoms with E-state index in [1.54, 1.807) is 0 Å². The number of ether oxygens (including phenoxy) is 2. The van der Waals surface area contributed by atoms with Gasteiger partial charge in [-0.1, -0.05) is 0 Å². The maximum atomic E-state index is 11.4. The third kappa shape index (κ3) is 3.18. The van der Waals surface area contributed by atoms with E-state index in [-0.39, 0.29) is 18.1 Å². The molecule has 0 radical (unpaired) electrons. The van der Waals surface area contributed by atoms with Crippen LogP contribution in [0.25, 0.3) is 0 Å². The summed E-state index contributed by atoms with van der Waals surface area (Å²) in [7, 11) is 1.39. The molecule has 4 heteroatoms. The van der Waals surface area contributed by atoms with Gasteiger partial charge in [-0.25, -0.2) is 0 Å². The molecule has 0 aromatic heterocycles. The summed E-state index contributed by atoms with van der Waals surface area (Å²) in [6.07, 6.45) is 3.24. The lowest BCUT2D eigenvalue weighted by molar-refractivity contribution is -0.155. The van der Waals surface area contributed by atoms with Crippen molar-refractivity contribution in [2.75, 3.05) is 13.7 Å². The van der Waals surface area contributed by atoms with Gasteiger partial charge in [0.2, 0.25) is 0 Å². The lowest BCUT2D eigenvalue weighted by Crippen LogP contribution is -2.37. The molecule has 0 aromatic rings. The molecule has 0 aliphatic heterocycles. The van der Waals surface area contributed by atoms with Crippen LogP contribution in [-0.2, 0) is 14.3 Å². The second kappa shape index (κ2) is 4.94. The van der Waals surface area contributed by atoms with Gasteiger partial charge >= 0.3 is 5.97 Å². The zero-order valence-corrected chi connectivity index (χ0v) is 9.79. The van der Waals surface area contributed by atoms with Gasteiger partial charge in [0, 0.05) is 6.04 Å². The summed E-state index contributed by atoms with van der Waals surface area (Å²) in [6, 6.07) is 0.124. The van der Waals surface area contributed by atoms with E-state index >= 15 is 0 Å². The van der Waals surface area contributed by atoms with E-state index in [1.807, 2.05) is 13.8 Å². The Morgan fingerprint density at radius 2 is 2.13 bits per heavy atom. The van der Waals surface area contributed by atoms with E-state index in [4.69, 9.17) is 15.2 Å². The largest absolute Gasteiger partial charge is 0.469 e. The van der Waals surface area contributed by atoms with E-state index in [0.29, 0.717) is 6.61 Å². The number of esters is 1. The average Bonchev–Trinajstić information content (AvgIpc) is 2.60. The van der Waals surface area contributed by atoms with Crippen LogP contribution < -0.4 is 5.73 Å². The van der Waals surface area contributed by atoms with Crippen molar-refractivity contribution in [3.63, 3.8) is 0 Å². The summed E-state index contributed by atoms with van der Waals surface area (Å²) in [4.78, 5) is 11.4. The third-order valence-electron chi connectivity index (χ3n) is 2.90. The molecule has 1 rings (SSSR count). The quantitative estimate of drug-likeness (QED) is 0.713. The number of hydrogen-bond donors (Lipinski definition) is 1. The van der Waals surface area contributed by atoms with Crippen LogP contribution in [0.15, 0.2) is 0 Å². The van der Waals surface area contributed by atoms with Crippen LogP contribution in [0.4, 0.5) is 0 Å². The molecule has 0 spiro atoms. The molecule has 1 fully saturated rings. The fourth-order valence-corrected chi connectivity index (χ4v) is 1.81. The lowest BCUT2D eigenvalue weighted by Gasteiger charge is -2.25. The highest BCUT2D eigenvalue weighted by atomic mass is 16.5. The van der Waals surface area contributed by atoms with Crippen LogP contribution in [0.1, 0.15) is 33.1 Å². The van der Waals surface area contributed by atoms with Crippen molar-refractivity contribution in [2.45, 2.75) is 45.3 Å². The predicted molar refractivity (Wildman–Crippen MR) is 57.4 cm³/mol. The van der Waals surface area contributed by atoms with Crippen LogP contribution in [0, 0.1) is 5.41 Å². The molecule has 2 unspecified atom stereocenters. The highest BCUT2D eigenvalue weighted by Gasteiger charge is 2.32. The molecule has 0 amide bonds. The van der Waals surface area contributed by atoms with Gasteiger partial charge in [-0.3, -0.25) is 4.79 Å². The van der Waals surface area contributed by atoms with Gasteiger partial charge < -0.3 is 15.2 Å². The molecule has 2 N–H and O–H groups in total. The van der Waals surface area contributed by atoms with Gasteiger partial charge in [-0.15, -0.1) is 0 Å². The zero-order valence-electron chi connectivity index (χ0n) is 9.79. The highest BCUT2D eigenvalue weighted by Crippen LogP contribution is 2.24. The molecular weight excluding hydrogens is 194 g/mol. The van der Waals surface area contributed by atoms with Crippen molar-refractivity contribution >= 4 is 5.97 Å². The maximum Gasteiger partial charge on any atom is 0.313 e. The smallest absolute Gasteiger partial charge is 0.313 e. The van der Waals surface area contributed by atoms with Crippen LogP contribution in [0.5, 0.6) is 0 Å². The summed E-state index contributed by atoms with van der Waals surface area (Å²) in [6.45, 7) is 4.01. The Bertz CT molecular complexity index is 228. The van der Waals surface area contributed by atoms with Crippen LogP contribution in [0.3, 0.4) is 0 Å². The van der Waals surface area contributed by atoms with Crippen LogP contribution in [0.2, 0.25) is 0 Å². The van der Waals surface area contributed by atoms with Crippen molar-refractivity contribution in [2.24, 2.45) is 11.1 Å². The fraction of sp³-hybridized carbons (Fsp3) is 0.909. The molecule has 1 aliphatic rings. The molecule has 88 valence electrons. The molecule has 0 saturated heterocycles. The van der Waals surface area contributed by atoms with E-state index in [2.05, 4.69) is 0 Å². The van der Waals surface area contributed by atoms with Crippen molar-refractivity contribution in [1.82, 2.24) is 0 Å². The number of rotatable bonds is 4. The molecule has 1 saturated carbocycles. The van der Waals surface area contributed by atoms with Gasteiger partial charge in [0.1, 0.15) is 0 Å². The first kappa shape index (κ1) is 12.5. The summed E-state index contributed by atoms with van der Waals surface area (Å²) >= 11 is 0. The van der Waals surface area contributed by atoms with Crippen molar-refractivity contribution < 1.29 is 14.3 Å². The molecule has 0 aromatic carbocycles. The van der Waals surface area contributed by atoms with E-state index in [9.17, 15) is 4.79 Å². The maximum absolute atomic E-state index is 11.4. The van der Waals surface area contributed by atoms with Crippen LogP contribution >= 0.6 is 0 Å². The minimum Gasteiger partial charge on any atom is -0.469 e. The van der Waals surface area contributed by atoms with Gasteiger partial charge in [-0.05, 0) is 33.1 Å². The van der Waals surface area contributed by atoms with E-state index in [1.165, 1.54) is 7.11 Å². The summed E-state index contributed by atoms with van der Waals surface area (Å²) < 4.78 is 10.4. The molecule has 0 bridgehead atoms. The van der Waals surface area contributed by atoms with Gasteiger partial charge in [0.15, 0.2) is 0 Å². The summed E-state index contributed by atoms with van der Waals surface area (Å²) in [5.41, 5.74) is 5.29. The van der Waals surface area contributed by atoms with Gasteiger partial charge in [-0.2, -0.15) is 0 Å². The Morgan fingerprint density at radius 3 is 2.60 bits per heavy atom. The van der Waals surface area contributed by atoms with Crippen molar-refractivity contribution in [3.8, 4) is 0 Å². The number of carbonyl (C=O) groups excluding carboxylic acids is 1. The number of hydrogen-bond acceptors (Lipinski definition) is 4. The normalized spacial score (nSPS) is 26.7. The Hall–Kier alpha value is -0.610. The number of carbonyl (C=O) groups is 1. The Morgan fingerprint density at radius 1 is 1.47 bits per heavy atom. The van der Waals surface area contributed by atoms with Gasteiger partial charge in [0.25, 0.3) is 0 Å². The molecule has 2 atom stereocenters. The summed E-state index contributed by atoms with van der Waals surface area (Å²) in [5.74, 6) is -0.242. The van der Waals surface area contributed by atoms with Crippen molar-refractivity contribution in [3.05, 3.63) is 0 Å². The van der Waals surface area contributed by atoms with Crippen molar-refractivity contribution in [1.29, 1.82) is 0 Å². The molecule has 4 nitrogen and oxygen atoms in total. The predicted octanol–water partition coefficient (Wildman–Crippen LogP) is 1.08. The first-order valence-electron chi connectivity index (χ1n) is 5.43. The van der Waals surface area contributed by atoms with E-state index in [0.717, 1.165) is 19.3 Å². The monoisotopic (exact) mass is 215 g/mol. The minimum atomic E-state index is -0.586. The SMILES string of the molecule is COC(=O)C(C)(C)COC1CCCC1N. The third-order valence-corrected chi connectivity index (χ3v) is 2.90. The second-order valence-electron chi connectivity index (χ2n) is 4.82. The van der Waals surface area contributed by atoms with E-state index < -0.39 is 5.41 Å². The molecule has 0 heterocycles. The first-order chi connectivity index (χ1) is 6.97. The minimum absolute atomic E-state index is 0.105. The number of nitrogens with two attached hydrogens (primary N) is 1. The Labute approximate surface area is 91.1 Å².